The van der Waals surface area contributed by atoms with Gasteiger partial charge in [0.15, 0.2) is 0 Å². The van der Waals surface area contributed by atoms with Crippen molar-refractivity contribution in [2.75, 3.05) is 19.0 Å². The minimum atomic E-state index is -1.33. The van der Waals surface area contributed by atoms with E-state index in [2.05, 4.69) is 15.3 Å². The number of aromatic nitrogens is 1. The van der Waals surface area contributed by atoms with Crippen LogP contribution >= 0.6 is 0 Å². The van der Waals surface area contributed by atoms with Crippen LogP contribution < -0.4 is 15.8 Å². The molecule has 3 N–H and O–H groups in total. The summed E-state index contributed by atoms with van der Waals surface area (Å²) in [6.07, 6.45) is 1.55. The normalized spacial score (nSPS) is 23.6. The van der Waals surface area contributed by atoms with E-state index in [9.17, 15) is 13.4 Å². The number of aliphatic imine (C=N–C) groups is 1. The van der Waals surface area contributed by atoms with Crippen molar-refractivity contribution in [2.24, 2.45) is 10.7 Å². The highest BCUT2D eigenvalue weighted by Crippen LogP contribution is 2.40. The molecular formula is C18H18FN5O3S. The molecule has 1 aromatic heterocycles. The highest BCUT2D eigenvalue weighted by atomic mass is 32.2. The van der Waals surface area contributed by atoms with Gasteiger partial charge in [0.1, 0.15) is 28.2 Å². The van der Waals surface area contributed by atoms with Crippen molar-refractivity contribution in [3.63, 3.8) is 0 Å². The lowest BCUT2D eigenvalue weighted by atomic mass is 10.0. The summed E-state index contributed by atoms with van der Waals surface area (Å²) in [6, 6.07) is 7.20. The van der Waals surface area contributed by atoms with Gasteiger partial charge < -0.3 is 15.8 Å². The Hall–Kier alpha value is -3.01. The van der Waals surface area contributed by atoms with Crippen LogP contribution in [0.1, 0.15) is 28.5 Å². The van der Waals surface area contributed by atoms with Crippen molar-refractivity contribution >= 4 is 28.5 Å². The van der Waals surface area contributed by atoms with Crippen molar-refractivity contribution < 1.29 is 18.1 Å². The molecule has 0 fully saturated rings. The lowest BCUT2D eigenvalue weighted by molar-refractivity contribution is 0.102. The Morgan fingerprint density at radius 3 is 2.96 bits per heavy atom. The molecule has 2 aromatic rings. The predicted octanol–water partition coefficient (Wildman–Crippen LogP) is 1.59. The van der Waals surface area contributed by atoms with Crippen LogP contribution in [0.15, 0.2) is 41.5 Å². The van der Waals surface area contributed by atoms with Gasteiger partial charge in [-0.05, 0) is 36.8 Å². The summed E-state index contributed by atoms with van der Waals surface area (Å²) in [5.41, 5.74) is 7.22. The summed E-state index contributed by atoms with van der Waals surface area (Å²) in [4.78, 5) is 20.6. The van der Waals surface area contributed by atoms with Crippen molar-refractivity contribution in [3.05, 3.63) is 53.6 Å². The molecule has 2 unspecified atom stereocenters. The number of hydrogen-bond donors (Lipinski definition) is 2. The minimum Gasteiger partial charge on any atom is -0.493 e. The Labute approximate surface area is 163 Å². The number of hydrogen-bond acceptors (Lipinski definition) is 6. The van der Waals surface area contributed by atoms with Gasteiger partial charge in [0.2, 0.25) is 5.96 Å². The number of nitrogens with zero attached hydrogens (tertiary/aromatic N) is 3. The van der Waals surface area contributed by atoms with Crippen molar-refractivity contribution in [1.29, 1.82) is 0 Å². The number of fused-ring (bicyclic) bond motifs is 3. The molecule has 146 valence electrons. The maximum absolute atomic E-state index is 13.0. The molecule has 0 radical (unpaired) electrons. The van der Waals surface area contributed by atoms with E-state index in [1.54, 1.807) is 25.2 Å². The maximum atomic E-state index is 13.0. The molecule has 1 aromatic carbocycles. The van der Waals surface area contributed by atoms with Gasteiger partial charge in [-0.15, -0.1) is 0 Å². The van der Waals surface area contributed by atoms with Gasteiger partial charge in [-0.1, -0.05) is 0 Å². The van der Waals surface area contributed by atoms with Gasteiger partial charge in [0.25, 0.3) is 5.91 Å². The molecule has 1 amide bonds. The Kier molecular flexibility index (Phi) is 4.71. The summed E-state index contributed by atoms with van der Waals surface area (Å²) in [6.45, 7) is 0.411. The number of benzene rings is 1. The number of guanidine groups is 1. The molecule has 0 saturated heterocycles. The van der Waals surface area contributed by atoms with Crippen molar-refractivity contribution in [1.82, 2.24) is 9.29 Å². The molecule has 0 spiro atoms. The van der Waals surface area contributed by atoms with Crippen molar-refractivity contribution in [2.45, 2.75) is 17.7 Å². The van der Waals surface area contributed by atoms with E-state index in [1.807, 2.05) is 0 Å². The number of ether oxygens (including phenoxy) is 1. The molecule has 8 nitrogen and oxygen atoms in total. The molecule has 0 saturated carbocycles. The zero-order valence-electron chi connectivity index (χ0n) is 15.0. The molecule has 10 heteroatoms. The number of carbonyl (C=O) groups is 1. The molecular weight excluding hydrogens is 385 g/mol. The zero-order valence-corrected chi connectivity index (χ0v) is 15.8. The van der Waals surface area contributed by atoms with E-state index < -0.39 is 28.8 Å². The fourth-order valence-corrected chi connectivity index (χ4v) is 4.58. The minimum absolute atomic E-state index is 0.0909. The second-order valence-electron chi connectivity index (χ2n) is 6.45. The quantitative estimate of drug-likeness (QED) is 0.791. The van der Waals surface area contributed by atoms with Crippen LogP contribution in [0, 0.1) is 5.82 Å². The first-order valence-corrected chi connectivity index (χ1v) is 9.78. The fraction of sp³-hybridized carbons (Fsp3) is 0.278. The topological polar surface area (TPSA) is 110 Å². The van der Waals surface area contributed by atoms with Crippen LogP contribution in [0.2, 0.25) is 0 Å². The standard InChI is InChI=1S/C18H18FN5O3S/c1-24-18(20)23-16-12-8-11(22-17(25)13-4-2-10(19)9-21-13)3-5-14(12)27-7-6-15(16)28(24)26/h2-5,8-9,15-16H,6-7H2,1H3,(H2,20,23)(H,22,25)/t15-,16?,28?/m0/s1. The van der Waals surface area contributed by atoms with E-state index >= 15 is 0 Å². The largest absolute Gasteiger partial charge is 0.493 e. The van der Waals surface area contributed by atoms with Crippen LogP contribution in [0.5, 0.6) is 5.75 Å². The number of halogens is 1. The summed E-state index contributed by atoms with van der Waals surface area (Å²) < 4.78 is 33.0. The number of nitrogens with two attached hydrogens (primary N) is 1. The van der Waals surface area contributed by atoms with Gasteiger partial charge >= 0.3 is 0 Å². The summed E-state index contributed by atoms with van der Waals surface area (Å²) in [5, 5.41) is 2.45. The van der Waals surface area contributed by atoms with E-state index in [4.69, 9.17) is 10.5 Å². The smallest absolute Gasteiger partial charge is 0.274 e. The molecule has 2 aliphatic rings. The van der Waals surface area contributed by atoms with Crippen LogP contribution in [-0.2, 0) is 11.0 Å². The van der Waals surface area contributed by atoms with Gasteiger partial charge in [-0.3, -0.25) is 9.10 Å². The molecule has 0 aliphatic carbocycles. The predicted molar refractivity (Wildman–Crippen MR) is 103 cm³/mol. The molecule has 3 heterocycles. The zero-order chi connectivity index (χ0) is 19.8. The fourth-order valence-electron chi connectivity index (χ4n) is 3.22. The summed E-state index contributed by atoms with van der Waals surface area (Å²) in [7, 11) is 0.308. The number of nitrogens with one attached hydrogen (secondary N) is 1. The van der Waals surface area contributed by atoms with E-state index in [1.165, 1.54) is 16.4 Å². The van der Waals surface area contributed by atoms with E-state index in [0.29, 0.717) is 30.0 Å². The third-order valence-corrected chi connectivity index (χ3v) is 6.42. The Bertz CT molecular complexity index is 982. The molecule has 3 atom stereocenters. The van der Waals surface area contributed by atoms with Gasteiger partial charge in [-0.2, -0.15) is 0 Å². The third-order valence-electron chi connectivity index (χ3n) is 4.68. The second-order valence-corrected chi connectivity index (χ2v) is 8.16. The lowest BCUT2D eigenvalue weighted by Gasteiger charge is -2.32. The van der Waals surface area contributed by atoms with E-state index in [-0.39, 0.29) is 16.9 Å². The van der Waals surface area contributed by atoms with Gasteiger partial charge in [0.05, 0.1) is 24.1 Å². The number of pyridine rings is 1. The average molecular weight is 403 g/mol. The highest BCUT2D eigenvalue weighted by molar-refractivity contribution is 7.84. The summed E-state index contributed by atoms with van der Waals surface area (Å²) >= 11 is 0. The Morgan fingerprint density at radius 2 is 2.21 bits per heavy atom. The first kappa shape index (κ1) is 18.4. The number of anilines is 1. The first-order valence-electron chi connectivity index (χ1n) is 8.61. The average Bonchev–Trinajstić information content (AvgIpc) is 2.86. The second kappa shape index (κ2) is 7.19. The summed E-state index contributed by atoms with van der Waals surface area (Å²) in [5.74, 6) is -0.183. The third kappa shape index (κ3) is 3.31. The number of rotatable bonds is 2. The van der Waals surface area contributed by atoms with Gasteiger partial charge in [-0.25, -0.2) is 18.6 Å². The molecule has 28 heavy (non-hydrogen) atoms. The SMILES string of the molecule is CN1C(N)=NC2c3cc(NC(=O)c4ccc(F)cn4)ccc3OCC[C@@H]2S1=O. The first-order chi connectivity index (χ1) is 13.4. The highest BCUT2D eigenvalue weighted by Gasteiger charge is 2.39. The number of carbonyl (C=O) groups excluding carboxylic acids is 1. The monoisotopic (exact) mass is 403 g/mol. The number of amides is 1. The van der Waals surface area contributed by atoms with Crippen LogP contribution in [0.4, 0.5) is 10.1 Å². The van der Waals surface area contributed by atoms with Crippen LogP contribution in [0.25, 0.3) is 0 Å². The molecule has 4 rings (SSSR count). The van der Waals surface area contributed by atoms with Crippen molar-refractivity contribution in [3.8, 4) is 5.75 Å². The maximum Gasteiger partial charge on any atom is 0.274 e. The molecule has 2 aliphatic heterocycles. The lowest BCUT2D eigenvalue weighted by Crippen LogP contribution is -2.46. The van der Waals surface area contributed by atoms with Crippen LogP contribution in [-0.4, -0.2) is 44.3 Å². The van der Waals surface area contributed by atoms with Crippen LogP contribution in [0.3, 0.4) is 0 Å². The Morgan fingerprint density at radius 1 is 1.39 bits per heavy atom. The molecule has 0 bridgehead atoms. The van der Waals surface area contributed by atoms with Gasteiger partial charge in [0, 0.05) is 18.3 Å². The van der Waals surface area contributed by atoms with E-state index in [0.717, 1.165) is 6.20 Å². The Balaban J connectivity index is 1.66.